The van der Waals surface area contributed by atoms with Gasteiger partial charge in [-0.05, 0) is 47.7 Å². The van der Waals surface area contributed by atoms with Gasteiger partial charge in [-0.2, -0.15) is 0 Å². The molecule has 0 saturated heterocycles. The van der Waals surface area contributed by atoms with Crippen LogP contribution in [0.3, 0.4) is 0 Å². The number of oxazole rings is 1. The van der Waals surface area contributed by atoms with Gasteiger partial charge in [0.1, 0.15) is 5.52 Å². The van der Waals surface area contributed by atoms with E-state index in [4.69, 9.17) is 10.2 Å². The summed E-state index contributed by atoms with van der Waals surface area (Å²) in [5.41, 5.74) is 9.98. The Kier molecular flexibility index (Phi) is 3.71. The van der Waals surface area contributed by atoms with Crippen LogP contribution >= 0.6 is 0 Å². The third-order valence-electron chi connectivity index (χ3n) is 3.46. The molecule has 108 valence electrons. The van der Waals surface area contributed by atoms with E-state index in [1.54, 1.807) is 12.4 Å². The summed E-state index contributed by atoms with van der Waals surface area (Å²) in [5.74, 6) is 1.13. The minimum Gasteiger partial charge on any atom is -0.439 e. The molecular formula is C17H19N3O. The minimum atomic E-state index is -0.151. The van der Waals surface area contributed by atoms with Gasteiger partial charge in [-0.25, -0.2) is 4.98 Å². The molecule has 1 aromatic carbocycles. The third kappa shape index (κ3) is 2.95. The highest BCUT2D eigenvalue weighted by Crippen LogP contribution is 2.27. The zero-order valence-corrected chi connectivity index (χ0v) is 12.3. The number of aromatic nitrogens is 2. The Morgan fingerprint density at radius 3 is 2.57 bits per heavy atom. The van der Waals surface area contributed by atoms with E-state index in [2.05, 4.69) is 23.8 Å². The van der Waals surface area contributed by atoms with Crippen molar-refractivity contribution in [1.82, 2.24) is 9.97 Å². The van der Waals surface area contributed by atoms with Crippen LogP contribution in [0.5, 0.6) is 0 Å². The van der Waals surface area contributed by atoms with Crippen LogP contribution in [0, 0.1) is 5.92 Å². The van der Waals surface area contributed by atoms with Gasteiger partial charge in [0.15, 0.2) is 5.58 Å². The lowest BCUT2D eigenvalue weighted by Gasteiger charge is -2.09. The summed E-state index contributed by atoms with van der Waals surface area (Å²) in [7, 11) is 0. The largest absolute Gasteiger partial charge is 0.439 e. The molecule has 4 heteroatoms. The molecule has 0 aliphatic rings. The second-order valence-corrected chi connectivity index (χ2v) is 5.71. The second-order valence-electron chi connectivity index (χ2n) is 5.71. The Hall–Kier alpha value is -2.20. The molecule has 2 N–H and O–H groups in total. The lowest BCUT2D eigenvalue weighted by molar-refractivity contribution is 0.417. The van der Waals surface area contributed by atoms with Crippen LogP contribution in [0.4, 0.5) is 0 Å². The van der Waals surface area contributed by atoms with Gasteiger partial charge in [-0.1, -0.05) is 19.9 Å². The van der Waals surface area contributed by atoms with Crippen LogP contribution in [0.15, 0.2) is 47.1 Å². The van der Waals surface area contributed by atoms with Crippen molar-refractivity contribution >= 4 is 11.1 Å². The zero-order chi connectivity index (χ0) is 14.8. The maximum Gasteiger partial charge on any atom is 0.212 e. The van der Waals surface area contributed by atoms with E-state index >= 15 is 0 Å². The van der Waals surface area contributed by atoms with Crippen LogP contribution < -0.4 is 5.73 Å². The Morgan fingerprint density at radius 1 is 1.10 bits per heavy atom. The number of benzene rings is 1. The van der Waals surface area contributed by atoms with Crippen LogP contribution in [0.25, 0.3) is 22.2 Å². The van der Waals surface area contributed by atoms with Crippen LogP contribution in [-0.2, 0) is 0 Å². The molecule has 21 heavy (non-hydrogen) atoms. The first-order chi connectivity index (χ1) is 10.1. The molecule has 0 fully saturated rings. The molecule has 3 aromatic rings. The third-order valence-corrected chi connectivity index (χ3v) is 3.46. The van der Waals surface area contributed by atoms with Gasteiger partial charge in [-0.3, -0.25) is 4.98 Å². The molecule has 0 spiro atoms. The first kappa shape index (κ1) is 13.8. The maximum atomic E-state index is 6.14. The Morgan fingerprint density at radius 2 is 1.86 bits per heavy atom. The number of nitrogens with two attached hydrogens (primary N) is 1. The van der Waals surface area contributed by atoms with Gasteiger partial charge >= 0.3 is 0 Å². The summed E-state index contributed by atoms with van der Waals surface area (Å²) in [5, 5.41) is 0. The predicted octanol–water partition coefficient (Wildman–Crippen LogP) is 3.94. The van der Waals surface area contributed by atoms with E-state index in [0.717, 1.165) is 28.6 Å². The van der Waals surface area contributed by atoms with Crippen LogP contribution in [0.2, 0.25) is 0 Å². The molecule has 0 aliphatic heterocycles. The molecular weight excluding hydrogens is 262 g/mol. The van der Waals surface area contributed by atoms with Crippen molar-refractivity contribution in [2.24, 2.45) is 11.7 Å². The van der Waals surface area contributed by atoms with Crippen LogP contribution in [-0.4, -0.2) is 9.97 Å². The van der Waals surface area contributed by atoms with Gasteiger partial charge in [0.2, 0.25) is 5.89 Å². The quantitative estimate of drug-likeness (QED) is 0.786. The summed E-state index contributed by atoms with van der Waals surface area (Å²) in [6.45, 7) is 4.29. The summed E-state index contributed by atoms with van der Waals surface area (Å²) in [6.07, 6.45) is 4.43. The first-order valence-corrected chi connectivity index (χ1v) is 7.20. The van der Waals surface area contributed by atoms with E-state index in [9.17, 15) is 0 Å². The summed E-state index contributed by atoms with van der Waals surface area (Å²) < 4.78 is 5.77. The van der Waals surface area contributed by atoms with Gasteiger partial charge < -0.3 is 10.2 Å². The normalized spacial score (nSPS) is 13.0. The summed E-state index contributed by atoms with van der Waals surface area (Å²) in [6, 6.07) is 9.81. The fourth-order valence-corrected chi connectivity index (χ4v) is 2.44. The SMILES string of the molecule is CC(C)CC(N)c1nc2cc(-c3ccncc3)ccc2o1. The molecule has 2 aromatic heterocycles. The van der Waals surface area contributed by atoms with Crippen molar-refractivity contribution in [3.05, 3.63) is 48.6 Å². The number of rotatable bonds is 4. The Bertz CT molecular complexity index is 734. The van der Waals surface area contributed by atoms with E-state index in [0.29, 0.717) is 11.8 Å². The summed E-state index contributed by atoms with van der Waals surface area (Å²) >= 11 is 0. The van der Waals surface area contributed by atoms with Crippen molar-refractivity contribution in [3.63, 3.8) is 0 Å². The monoisotopic (exact) mass is 281 g/mol. The average Bonchev–Trinajstić information content (AvgIpc) is 2.90. The van der Waals surface area contributed by atoms with Crippen molar-refractivity contribution in [2.75, 3.05) is 0 Å². The van der Waals surface area contributed by atoms with Crippen molar-refractivity contribution in [2.45, 2.75) is 26.3 Å². The fourth-order valence-electron chi connectivity index (χ4n) is 2.44. The number of nitrogens with zero attached hydrogens (tertiary/aromatic N) is 2. The molecule has 1 atom stereocenters. The van der Waals surface area contributed by atoms with E-state index in [1.807, 2.05) is 30.3 Å². The molecule has 0 radical (unpaired) electrons. The lowest BCUT2D eigenvalue weighted by Crippen LogP contribution is -2.13. The summed E-state index contributed by atoms with van der Waals surface area (Å²) in [4.78, 5) is 8.58. The molecule has 1 unspecified atom stereocenters. The number of hydrogen-bond donors (Lipinski definition) is 1. The van der Waals surface area contributed by atoms with Gasteiger partial charge in [0.05, 0.1) is 6.04 Å². The Balaban J connectivity index is 1.95. The highest BCUT2D eigenvalue weighted by Gasteiger charge is 2.15. The molecule has 0 saturated carbocycles. The molecule has 3 rings (SSSR count). The van der Waals surface area contributed by atoms with Crippen molar-refractivity contribution in [3.8, 4) is 11.1 Å². The lowest BCUT2D eigenvalue weighted by atomic mass is 10.0. The highest BCUT2D eigenvalue weighted by atomic mass is 16.3. The molecule has 0 bridgehead atoms. The van der Waals surface area contributed by atoms with E-state index in [1.165, 1.54) is 0 Å². The highest BCUT2D eigenvalue weighted by molar-refractivity contribution is 5.80. The molecule has 0 aliphatic carbocycles. The van der Waals surface area contributed by atoms with E-state index in [-0.39, 0.29) is 6.04 Å². The molecule has 4 nitrogen and oxygen atoms in total. The van der Waals surface area contributed by atoms with Crippen molar-refractivity contribution < 1.29 is 4.42 Å². The predicted molar refractivity (Wildman–Crippen MR) is 83.6 cm³/mol. The molecule has 0 amide bonds. The first-order valence-electron chi connectivity index (χ1n) is 7.20. The number of fused-ring (bicyclic) bond motifs is 1. The van der Waals surface area contributed by atoms with Gasteiger partial charge in [0, 0.05) is 12.4 Å². The number of hydrogen-bond acceptors (Lipinski definition) is 4. The fraction of sp³-hybridized carbons (Fsp3) is 0.294. The molecule has 2 heterocycles. The average molecular weight is 281 g/mol. The minimum absolute atomic E-state index is 0.151. The standard InChI is InChI=1S/C17H19N3O/c1-11(2)9-14(18)17-20-15-10-13(3-4-16(15)21-17)12-5-7-19-8-6-12/h3-8,10-11,14H,9,18H2,1-2H3. The van der Waals surface area contributed by atoms with E-state index < -0.39 is 0 Å². The van der Waals surface area contributed by atoms with Crippen LogP contribution in [0.1, 0.15) is 32.2 Å². The topological polar surface area (TPSA) is 64.9 Å². The van der Waals surface area contributed by atoms with Gasteiger partial charge in [0.25, 0.3) is 0 Å². The maximum absolute atomic E-state index is 6.14. The van der Waals surface area contributed by atoms with Crippen molar-refractivity contribution in [1.29, 1.82) is 0 Å². The number of pyridine rings is 1. The zero-order valence-electron chi connectivity index (χ0n) is 12.3. The van der Waals surface area contributed by atoms with Gasteiger partial charge in [-0.15, -0.1) is 0 Å². The Labute approximate surface area is 124 Å². The smallest absolute Gasteiger partial charge is 0.212 e. The second kappa shape index (κ2) is 5.66.